The van der Waals surface area contributed by atoms with E-state index >= 15 is 0 Å². The van der Waals surface area contributed by atoms with E-state index < -0.39 is 25.1 Å². The van der Waals surface area contributed by atoms with E-state index in [4.69, 9.17) is 27.9 Å². The average Bonchev–Trinajstić information content (AvgIpc) is 2.56. The fraction of sp³-hybridized carbons (Fsp3) is 0.133. The molecular weight excluding hydrogens is 381 g/mol. The highest BCUT2D eigenvalue weighted by atomic mass is 35.5. The number of aromatic nitrogens is 1. The number of nitrogens with one attached hydrogen (secondary N) is 1. The largest absolute Gasteiger partial charge is 0.451 e. The number of amides is 1. The maximum Gasteiger partial charge on any atom is 0.387 e. The number of esters is 1. The molecule has 10 heteroatoms. The minimum absolute atomic E-state index is 0.00256. The van der Waals surface area contributed by atoms with Crippen molar-refractivity contribution in [2.45, 2.75) is 6.61 Å². The molecule has 0 aliphatic rings. The molecule has 2 rings (SSSR count). The molecule has 1 heterocycles. The van der Waals surface area contributed by atoms with E-state index in [0.29, 0.717) is 0 Å². The Kier molecular flexibility index (Phi) is 6.49. The monoisotopic (exact) mass is 390 g/mol. The van der Waals surface area contributed by atoms with E-state index in [9.17, 15) is 18.4 Å². The maximum atomic E-state index is 12.3. The molecule has 0 aliphatic heterocycles. The van der Waals surface area contributed by atoms with Gasteiger partial charge in [-0.2, -0.15) is 8.78 Å². The van der Waals surface area contributed by atoms with Crippen LogP contribution in [0.15, 0.2) is 36.4 Å². The lowest BCUT2D eigenvalue weighted by atomic mass is 10.3. The van der Waals surface area contributed by atoms with Gasteiger partial charge in [0.15, 0.2) is 12.3 Å². The molecule has 6 nitrogen and oxygen atoms in total. The Hall–Kier alpha value is -2.45. The molecule has 1 amide bonds. The highest BCUT2D eigenvalue weighted by molar-refractivity contribution is 6.34. The standard InChI is InChI=1S/C15H10Cl2F2N2O4/c16-8-5-6-11(17)21-13(8)14(23)24-7-12(22)20-9-3-1-2-4-10(9)25-15(18)19/h1-6,15H,7H2,(H,20,22). The summed E-state index contributed by atoms with van der Waals surface area (Å²) in [5.41, 5.74) is -0.244. The Morgan fingerprint density at radius 3 is 2.60 bits per heavy atom. The molecule has 1 aromatic heterocycles. The second-order valence-electron chi connectivity index (χ2n) is 4.46. The van der Waals surface area contributed by atoms with Crippen molar-refractivity contribution in [3.05, 3.63) is 52.3 Å². The number of rotatable bonds is 6. The van der Waals surface area contributed by atoms with Crippen LogP contribution in [0.3, 0.4) is 0 Å². The van der Waals surface area contributed by atoms with Crippen LogP contribution in [0.4, 0.5) is 14.5 Å². The molecule has 2 aromatic rings. The van der Waals surface area contributed by atoms with Gasteiger partial charge in [0.1, 0.15) is 10.9 Å². The van der Waals surface area contributed by atoms with Gasteiger partial charge in [-0.25, -0.2) is 9.78 Å². The molecule has 0 aliphatic carbocycles. The summed E-state index contributed by atoms with van der Waals surface area (Å²) in [7, 11) is 0. The lowest BCUT2D eigenvalue weighted by molar-refractivity contribution is -0.119. The van der Waals surface area contributed by atoms with Gasteiger partial charge in [0.05, 0.1) is 10.7 Å². The van der Waals surface area contributed by atoms with Crippen LogP contribution < -0.4 is 10.1 Å². The summed E-state index contributed by atoms with van der Waals surface area (Å²) in [5, 5.41) is 2.33. The van der Waals surface area contributed by atoms with Crippen molar-refractivity contribution in [2.24, 2.45) is 0 Å². The lowest BCUT2D eigenvalue weighted by Crippen LogP contribution is -2.22. The number of para-hydroxylation sites is 2. The predicted octanol–water partition coefficient (Wildman–Crippen LogP) is 3.79. The smallest absolute Gasteiger partial charge is 0.387 e. The first-order valence-corrected chi connectivity index (χ1v) is 7.45. The molecule has 0 bridgehead atoms. The first kappa shape index (κ1) is 18.9. The molecular formula is C15H10Cl2F2N2O4. The van der Waals surface area contributed by atoms with Crippen LogP contribution in [0, 0.1) is 0 Å². The second kappa shape index (κ2) is 8.59. The molecule has 132 valence electrons. The first-order chi connectivity index (χ1) is 11.9. The van der Waals surface area contributed by atoms with Gasteiger partial charge in [-0.05, 0) is 24.3 Å². The van der Waals surface area contributed by atoms with Gasteiger partial charge in [-0.15, -0.1) is 0 Å². The summed E-state index contributed by atoms with van der Waals surface area (Å²) in [6.45, 7) is -3.74. The van der Waals surface area contributed by atoms with Crippen molar-refractivity contribution in [1.29, 1.82) is 0 Å². The summed E-state index contributed by atoms with van der Waals surface area (Å²) in [6, 6.07) is 8.31. The second-order valence-corrected chi connectivity index (χ2v) is 5.26. The van der Waals surface area contributed by atoms with Gasteiger partial charge < -0.3 is 14.8 Å². The number of ether oxygens (including phenoxy) is 2. The fourth-order valence-electron chi connectivity index (χ4n) is 1.72. The Bertz CT molecular complexity index is 790. The van der Waals surface area contributed by atoms with Crippen molar-refractivity contribution in [1.82, 2.24) is 4.98 Å². The molecule has 0 atom stereocenters. The van der Waals surface area contributed by atoms with E-state index in [2.05, 4.69) is 15.0 Å². The average molecular weight is 391 g/mol. The fourth-order valence-corrected chi connectivity index (χ4v) is 2.05. The van der Waals surface area contributed by atoms with Crippen molar-refractivity contribution in [3.63, 3.8) is 0 Å². The number of alkyl halides is 2. The van der Waals surface area contributed by atoms with Crippen LogP contribution in [0.5, 0.6) is 5.75 Å². The Morgan fingerprint density at radius 2 is 1.88 bits per heavy atom. The number of nitrogens with zero attached hydrogens (tertiary/aromatic N) is 1. The molecule has 0 saturated carbocycles. The number of anilines is 1. The number of hydrogen-bond acceptors (Lipinski definition) is 5. The lowest BCUT2D eigenvalue weighted by Gasteiger charge is -2.11. The summed E-state index contributed by atoms with van der Waals surface area (Å²) in [5.74, 6) is -1.95. The van der Waals surface area contributed by atoms with E-state index in [1.807, 2.05) is 0 Å². The summed E-state index contributed by atoms with van der Waals surface area (Å²) < 4.78 is 33.7. The van der Waals surface area contributed by atoms with Crippen LogP contribution in [0.2, 0.25) is 10.2 Å². The zero-order valence-corrected chi connectivity index (χ0v) is 13.9. The number of carbonyl (C=O) groups excluding carboxylic acids is 2. The summed E-state index contributed by atoms with van der Waals surface area (Å²) in [6.07, 6.45) is 0. The maximum absolute atomic E-state index is 12.3. The number of hydrogen-bond donors (Lipinski definition) is 1. The third-order valence-corrected chi connectivity index (χ3v) is 3.23. The molecule has 1 N–H and O–H groups in total. The topological polar surface area (TPSA) is 77.5 Å². The van der Waals surface area contributed by atoms with Crippen molar-refractivity contribution < 1.29 is 27.8 Å². The SMILES string of the molecule is O=C(COC(=O)c1nc(Cl)ccc1Cl)Nc1ccccc1OC(F)F. The molecule has 1 aromatic carbocycles. The molecule has 0 radical (unpaired) electrons. The molecule has 0 saturated heterocycles. The zero-order chi connectivity index (χ0) is 18.4. The summed E-state index contributed by atoms with van der Waals surface area (Å²) in [4.78, 5) is 27.4. The Morgan fingerprint density at radius 1 is 1.16 bits per heavy atom. The van der Waals surface area contributed by atoms with Crippen LogP contribution >= 0.6 is 23.2 Å². The van der Waals surface area contributed by atoms with Crippen molar-refractivity contribution in [3.8, 4) is 5.75 Å². The van der Waals surface area contributed by atoms with E-state index in [-0.39, 0.29) is 27.3 Å². The number of halogens is 4. The van der Waals surface area contributed by atoms with E-state index in [0.717, 1.165) is 0 Å². The Labute approximate surface area is 150 Å². The third kappa shape index (κ3) is 5.54. The van der Waals surface area contributed by atoms with Crippen LogP contribution in [-0.2, 0) is 9.53 Å². The highest BCUT2D eigenvalue weighted by Gasteiger charge is 2.17. The van der Waals surface area contributed by atoms with Crippen molar-refractivity contribution >= 4 is 40.8 Å². The highest BCUT2D eigenvalue weighted by Crippen LogP contribution is 2.25. The quantitative estimate of drug-likeness (QED) is 0.599. The van der Waals surface area contributed by atoms with Gasteiger partial charge in [-0.3, -0.25) is 4.79 Å². The van der Waals surface area contributed by atoms with Crippen LogP contribution in [-0.4, -0.2) is 30.1 Å². The van der Waals surface area contributed by atoms with Crippen LogP contribution in [0.25, 0.3) is 0 Å². The Balaban J connectivity index is 1.97. The van der Waals surface area contributed by atoms with Crippen molar-refractivity contribution in [2.75, 3.05) is 11.9 Å². The van der Waals surface area contributed by atoms with E-state index in [1.54, 1.807) is 0 Å². The summed E-state index contributed by atoms with van der Waals surface area (Å²) >= 11 is 11.5. The minimum atomic E-state index is -3.05. The predicted molar refractivity (Wildman–Crippen MR) is 86.2 cm³/mol. The third-order valence-electron chi connectivity index (χ3n) is 2.72. The minimum Gasteiger partial charge on any atom is -0.451 e. The number of benzene rings is 1. The zero-order valence-electron chi connectivity index (χ0n) is 12.3. The first-order valence-electron chi connectivity index (χ1n) is 6.69. The molecule has 25 heavy (non-hydrogen) atoms. The van der Waals surface area contributed by atoms with E-state index in [1.165, 1.54) is 36.4 Å². The van der Waals surface area contributed by atoms with Gasteiger partial charge >= 0.3 is 12.6 Å². The van der Waals surface area contributed by atoms with Gasteiger partial charge in [0.25, 0.3) is 5.91 Å². The molecule has 0 spiro atoms. The normalized spacial score (nSPS) is 10.4. The van der Waals surface area contributed by atoms with Crippen LogP contribution in [0.1, 0.15) is 10.5 Å². The number of carbonyl (C=O) groups is 2. The number of pyridine rings is 1. The van der Waals surface area contributed by atoms with Gasteiger partial charge in [-0.1, -0.05) is 35.3 Å². The van der Waals surface area contributed by atoms with Gasteiger partial charge in [0, 0.05) is 0 Å². The van der Waals surface area contributed by atoms with Gasteiger partial charge in [0.2, 0.25) is 0 Å². The molecule has 0 fully saturated rings. The molecule has 0 unspecified atom stereocenters.